The number of rotatable bonds is 6. The van der Waals surface area contributed by atoms with Crippen molar-refractivity contribution >= 4 is 5.97 Å². The summed E-state index contributed by atoms with van der Waals surface area (Å²) in [6.07, 6.45) is 0.0592. The van der Waals surface area contributed by atoms with Gasteiger partial charge >= 0.3 is 5.97 Å². The summed E-state index contributed by atoms with van der Waals surface area (Å²) in [6, 6.07) is 0. The van der Waals surface area contributed by atoms with E-state index in [2.05, 4.69) is 4.74 Å². The van der Waals surface area contributed by atoms with E-state index in [-0.39, 0.29) is 20.5 Å². The predicted molar refractivity (Wildman–Crippen MR) is 41.7 cm³/mol. The first-order chi connectivity index (χ1) is 4.77. The Labute approximate surface area is 67.1 Å². The topological polar surface area (TPSA) is 55.8 Å². The van der Waals surface area contributed by atoms with Gasteiger partial charge in [-0.05, 0) is 0 Å². The van der Waals surface area contributed by atoms with Gasteiger partial charge in [-0.3, -0.25) is 4.79 Å². The molecular formula is C7H16O4. The van der Waals surface area contributed by atoms with E-state index in [1.165, 1.54) is 0 Å². The molecule has 68 valence electrons. The minimum atomic E-state index is -0.836. The molecular weight excluding hydrogens is 148 g/mol. The Hall–Kier alpha value is -0.610. The third-order valence-corrected chi connectivity index (χ3v) is 0.892. The molecule has 4 heteroatoms. The molecule has 0 aromatic heterocycles. The normalized spacial score (nSPS) is 8.82. The van der Waals surface area contributed by atoms with Gasteiger partial charge in [0.2, 0.25) is 0 Å². The molecule has 0 unspecified atom stereocenters. The van der Waals surface area contributed by atoms with Crippen LogP contribution in [0.5, 0.6) is 0 Å². The van der Waals surface area contributed by atoms with Gasteiger partial charge in [-0.15, -0.1) is 0 Å². The minimum absolute atomic E-state index is 0. The molecule has 0 aliphatic heterocycles. The zero-order valence-electron chi connectivity index (χ0n) is 6.00. The van der Waals surface area contributed by atoms with Gasteiger partial charge in [0.05, 0.1) is 26.2 Å². The maximum Gasteiger partial charge on any atom is 0.305 e. The molecule has 4 nitrogen and oxygen atoms in total. The average molecular weight is 164 g/mol. The number of hydrogen-bond acceptors (Lipinski definition) is 3. The Morgan fingerprint density at radius 2 is 2.00 bits per heavy atom. The molecule has 0 atom stereocenters. The molecule has 0 aliphatic carbocycles. The molecule has 0 amide bonds. The first-order valence-electron chi connectivity index (χ1n) is 3.06. The van der Waals surface area contributed by atoms with Crippen molar-refractivity contribution in [3.05, 3.63) is 0 Å². The summed E-state index contributed by atoms with van der Waals surface area (Å²) in [5.41, 5.74) is 0. The Morgan fingerprint density at radius 3 is 2.45 bits per heavy atom. The van der Waals surface area contributed by atoms with Crippen molar-refractivity contribution in [1.82, 2.24) is 0 Å². The predicted octanol–water partition coefficient (Wildman–Crippen LogP) is 0.760. The number of methoxy groups -OCH3 is 1. The summed E-state index contributed by atoms with van der Waals surface area (Å²) in [6.45, 7) is 1.24. The summed E-state index contributed by atoms with van der Waals surface area (Å²) in [5, 5.41) is 8.16. The second-order valence-corrected chi connectivity index (χ2v) is 1.75. The summed E-state index contributed by atoms with van der Waals surface area (Å²) >= 11 is 0. The van der Waals surface area contributed by atoms with Crippen molar-refractivity contribution < 1.29 is 19.4 Å². The fraction of sp³-hybridized carbons (Fsp3) is 0.857. The zero-order valence-corrected chi connectivity index (χ0v) is 6.00. The lowest BCUT2D eigenvalue weighted by atomic mass is 10.5. The van der Waals surface area contributed by atoms with Gasteiger partial charge in [0.25, 0.3) is 0 Å². The SMILES string of the molecule is C.COCCOCCC(=O)O. The zero-order chi connectivity index (χ0) is 7.82. The van der Waals surface area contributed by atoms with Crippen LogP contribution in [0.1, 0.15) is 13.8 Å². The molecule has 0 fully saturated rings. The fourth-order valence-corrected chi connectivity index (χ4v) is 0.404. The summed E-state index contributed by atoms with van der Waals surface area (Å²) in [5.74, 6) is -0.836. The van der Waals surface area contributed by atoms with Crippen molar-refractivity contribution in [1.29, 1.82) is 0 Å². The van der Waals surface area contributed by atoms with Gasteiger partial charge < -0.3 is 14.6 Å². The number of ether oxygens (including phenoxy) is 2. The third kappa shape index (κ3) is 12.6. The van der Waals surface area contributed by atoms with Crippen LogP contribution in [0.25, 0.3) is 0 Å². The first kappa shape index (κ1) is 13.0. The number of aliphatic carboxylic acids is 1. The molecule has 0 aromatic carbocycles. The van der Waals surface area contributed by atoms with Gasteiger partial charge in [-0.25, -0.2) is 0 Å². The van der Waals surface area contributed by atoms with Crippen molar-refractivity contribution in [2.24, 2.45) is 0 Å². The van der Waals surface area contributed by atoms with E-state index in [9.17, 15) is 4.79 Å². The van der Waals surface area contributed by atoms with Crippen LogP contribution >= 0.6 is 0 Å². The monoisotopic (exact) mass is 164 g/mol. The van der Waals surface area contributed by atoms with Crippen LogP contribution in [-0.2, 0) is 14.3 Å². The standard InChI is InChI=1S/C6H12O4.CH4/c1-9-4-5-10-3-2-6(7)8;/h2-5H2,1H3,(H,7,8);1H4. The van der Waals surface area contributed by atoms with Gasteiger partial charge in [-0.1, -0.05) is 7.43 Å². The number of hydrogen-bond donors (Lipinski definition) is 1. The Morgan fingerprint density at radius 1 is 1.36 bits per heavy atom. The maximum absolute atomic E-state index is 9.92. The van der Waals surface area contributed by atoms with Crippen LogP contribution in [0.4, 0.5) is 0 Å². The van der Waals surface area contributed by atoms with Gasteiger partial charge in [0, 0.05) is 7.11 Å². The first-order valence-corrected chi connectivity index (χ1v) is 3.06. The van der Waals surface area contributed by atoms with Crippen LogP contribution in [-0.4, -0.2) is 38.0 Å². The van der Waals surface area contributed by atoms with Crippen LogP contribution < -0.4 is 0 Å². The van der Waals surface area contributed by atoms with E-state index >= 15 is 0 Å². The van der Waals surface area contributed by atoms with Crippen LogP contribution in [0.2, 0.25) is 0 Å². The molecule has 0 rings (SSSR count). The molecule has 0 aromatic rings. The average Bonchev–Trinajstić information content (AvgIpc) is 1.87. The van der Waals surface area contributed by atoms with Crippen molar-refractivity contribution in [3.8, 4) is 0 Å². The molecule has 0 radical (unpaired) electrons. The third-order valence-electron chi connectivity index (χ3n) is 0.892. The summed E-state index contributed by atoms with van der Waals surface area (Å²) in [7, 11) is 1.57. The smallest absolute Gasteiger partial charge is 0.305 e. The van der Waals surface area contributed by atoms with Crippen molar-refractivity contribution in [2.75, 3.05) is 26.9 Å². The highest BCUT2D eigenvalue weighted by atomic mass is 16.5. The lowest BCUT2D eigenvalue weighted by molar-refractivity contribution is -0.138. The fourth-order valence-electron chi connectivity index (χ4n) is 0.404. The Balaban J connectivity index is 0. The molecule has 11 heavy (non-hydrogen) atoms. The number of carbonyl (C=O) groups is 1. The van der Waals surface area contributed by atoms with E-state index in [1.807, 2.05) is 0 Å². The molecule has 1 N–H and O–H groups in total. The van der Waals surface area contributed by atoms with Crippen molar-refractivity contribution in [3.63, 3.8) is 0 Å². The van der Waals surface area contributed by atoms with E-state index in [0.29, 0.717) is 13.2 Å². The van der Waals surface area contributed by atoms with E-state index < -0.39 is 5.97 Å². The van der Waals surface area contributed by atoms with Gasteiger partial charge in [0.15, 0.2) is 0 Å². The van der Waals surface area contributed by atoms with Gasteiger partial charge in [0.1, 0.15) is 0 Å². The highest BCUT2D eigenvalue weighted by molar-refractivity contribution is 5.66. The van der Waals surface area contributed by atoms with Gasteiger partial charge in [-0.2, -0.15) is 0 Å². The second-order valence-electron chi connectivity index (χ2n) is 1.75. The second kappa shape index (κ2) is 9.39. The molecule has 0 heterocycles. The van der Waals surface area contributed by atoms with E-state index in [0.717, 1.165) is 0 Å². The molecule has 0 saturated heterocycles. The minimum Gasteiger partial charge on any atom is -0.481 e. The molecule has 0 spiro atoms. The van der Waals surface area contributed by atoms with Crippen molar-refractivity contribution in [2.45, 2.75) is 13.8 Å². The molecule has 0 aliphatic rings. The van der Waals surface area contributed by atoms with Crippen LogP contribution in [0.3, 0.4) is 0 Å². The largest absolute Gasteiger partial charge is 0.481 e. The lowest BCUT2D eigenvalue weighted by Gasteiger charge is -1.99. The Bertz CT molecular complexity index is 92.4. The number of carboxylic acids is 1. The highest BCUT2D eigenvalue weighted by Gasteiger charge is 1.94. The van der Waals surface area contributed by atoms with E-state index in [4.69, 9.17) is 9.84 Å². The highest BCUT2D eigenvalue weighted by Crippen LogP contribution is 1.81. The summed E-state index contributed by atoms with van der Waals surface area (Å²) < 4.78 is 9.56. The molecule has 0 bridgehead atoms. The van der Waals surface area contributed by atoms with Crippen LogP contribution in [0.15, 0.2) is 0 Å². The quantitative estimate of drug-likeness (QED) is 0.589. The van der Waals surface area contributed by atoms with E-state index in [1.54, 1.807) is 7.11 Å². The maximum atomic E-state index is 9.92. The number of carboxylic acid groups (broad SMARTS) is 1. The molecule has 0 saturated carbocycles. The van der Waals surface area contributed by atoms with Crippen LogP contribution in [0, 0.1) is 0 Å². The lowest BCUT2D eigenvalue weighted by Crippen LogP contribution is -2.06. The summed E-state index contributed by atoms with van der Waals surface area (Å²) in [4.78, 5) is 9.92. The Kier molecular flexibility index (Phi) is 11.1.